The van der Waals surface area contributed by atoms with E-state index in [1.165, 1.54) is 0 Å². The van der Waals surface area contributed by atoms with Crippen LogP contribution in [0.4, 0.5) is 24.9 Å². The van der Waals surface area contributed by atoms with Gasteiger partial charge in [0.2, 0.25) is 5.95 Å². The summed E-state index contributed by atoms with van der Waals surface area (Å²) in [5, 5.41) is 8.96. The molecule has 0 aliphatic carbocycles. The van der Waals surface area contributed by atoms with Crippen molar-refractivity contribution in [1.82, 2.24) is 14.9 Å². The van der Waals surface area contributed by atoms with Crippen molar-refractivity contribution in [2.24, 2.45) is 0 Å². The smallest absolute Gasteiger partial charge is 0.433 e. The van der Waals surface area contributed by atoms with Crippen LogP contribution in [0, 0.1) is 0 Å². The van der Waals surface area contributed by atoms with Crippen LogP contribution in [0.25, 0.3) is 0 Å². The van der Waals surface area contributed by atoms with Crippen LogP contribution in [0.1, 0.15) is 25.5 Å². The Labute approximate surface area is 148 Å². The van der Waals surface area contributed by atoms with Crippen LogP contribution in [0.2, 0.25) is 0 Å². The molecule has 3 fully saturated rings. The molecule has 1 aromatic heterocycles. The number of rotatable bonds is 4. The predicted octanol–water partition coefficient (Wildman–Crippen LogP) is 1.44. The number of likely N-dealkylation sites (tertiary alicyclic amines) is 1. The molecule has 3 saturated heterocycles. The molecule has 4 heterocycles. The Balaban J connectivity index is 1.61. The number of alkyl halides is 3. The van der Waals surface area contributed by atoms with Crippen LogP contribution in [-0.4, -0.2) is 70.2 Å². The lowest BCUT2D eigenvalue weighted by Gasteiger charge is -2.40. The third-order valence-corrected chi connectivity index (χ3v) is 5.55. The van der Waals surface area contributed by atoms with Gasteiger partial charge >= 0.3 is 12.1 Å². The van der Waals surface area contributed by atoms with E-state index in [2.05, 4.69) is 9.97 Å². The first-order valence-electron chi connectivity index (χ1n) is 8.68. The third-order valence-electron chi connectivity index (χ3n) is 5.55. The lowest BCUT2D eigenvalue weighted by molar-refractivity contribution is -0.141. The molecule has 3 atom stereocenters. The fraction of sp³-hybridized carbons (Fsp3) is 0.688. The summed E-state index contributed by atoms with van der Waals surface area (Å²) in [5.74, 6) is -0.484. The molecular weight excluding hydrogens is 351 g/mol. The highest BCUT2D eigenvalue weighted by atomic mass is 19.4. The summed E-state index contributed by atoms with van der Waals surface area (Å²) in [4.78, 5) is 24.6. The van der Waals surface area contributed by atoms with Gasteiger partial charge in [0.25, 0.3) is 0 Å². The summed E-state index contributed by atoms with van der Waals surface area (Å²) in [6.45, 7) is 3.57. The number of carboxylic acid groups (broad SMARTS) is 1. The van der Waals surface area contributed by atoms with E-state index >= 15 is 0 Å². The van der Waals surface area contributed by atoms with Crippen molar-refractivity contribution < 1.29 is 23.1 Å². The summed E-state index contributed by atoms with van der Waals surface area (Å²) in [7, 11) is 0. The van der Waals surface area contributed by atoms with Gasteiger partial charge in [-0.05, 0) is 19.8 Å². The maximum absolute atomic E-state index is 13.3. The van der Waals surface area contributed by atoms with E-state index in [4.69, 9.17) is 5.11 Å². The average molecular weight is 371 g/mol. The molecule has 26 heavy (non-hydrogen) atoms. The molecule has 7 nitrogen and oxygen atoms in total. The molecule has 3 aliphatic rings. The molecule has 1 unspecified atom stereocenters. The maximum atomic E-state index is 13.3. The van der Waals surface area contributed by atoms with Gasteiger partial charge in [0.15, 0.2) is 5.69 Å². The van der Waals surface area contributed by atoms with E-state index in [0.29, 0.717) is 19.6 Å². The fourth-order valence-electron chi connectivity index (χ4n) is 4.05. The second kappa shape index (κ2) is 5.97. The molecule has 0 amide bonds. The lowest BCUT2D eigenvalue weighted by Crippen LogP contribution is -2.49. The molecule has 4 rings (SSSR count). The molecule has 1 aromatic rings. The van der Waals surface area contributed by atoms with Crippen LogP contribution in [0.15, 0.2) is 6.07 Å². The summed E-state index contributed by atoms with van der Waals surface area (Å²) < 4.78 is 39.9. The molecule has 0 radical (unpaired) electrons. The Morgan fingerprint density at radius 2 is 2.04 bits per heavy atom. The van der Waals surface area contributed by atoms with Crippen molar-refractivity contribution in [3.63, 3.8) is 0 Å². The van der Waals surface area contributed by atoms with Crippen LogP contribution >= 0.6 is 0 Å². The largest absolute Gasteiger partial charge is 0.480 e. The van der Waals surface area contributed by atoms with Gasteiger partial charge in [0, 0.05) is 43.8 Å². The molecule has 2 bridgehead atoms. The number of carboxylic acids is 1. The second-order valence-electron chi connectivity index (χ2n) is 7.26. The van der Waals surface area contributed by atoms with Gasteiger partial charge in [-0.1, -0.05) is 0 Å². The van der Waals surface area contributed by atoms with Gasteiger partial charge in [0.05, 0.1) is 6.54 Å². The fourth-order valence-corrected chi connectivity index (χ4v) is 4.05. The number of aromatic nitrogens is 2. The molecular formula is C16H20F3N5O2. The Bertz CT molecular complexity index is 728. The highest BCUT2D eigenvalue weighted by Gasteiger charge is 2.45. The summed E-state index contributed by atoms with van der Waals surface area (Å²) in [5.41, 5.74) is -0.929. The van der Waals surface area contributed by atoms with Gasteiger partial charge in [-0.15, -0.1) is 0 Å². The van der Waals surface area contributed by atoms with Gasteiger partial charge in [-0.25, -0.2) is 4.98 Å². The lowest BCUT2D eigenvalue weighted by atomic mass is 10.1. The number of anilines is 2. The number of hydrogen-bond acceptors (Lipinski definition) is 6. The van der Waals surface area contributed by atoms with E-state index in [9.17, 15) is 18.0 Å². The number of nitrogens with zero attached hydrogens (tertiary/aromatic N) is 5. The van der Waals surface area contributed by atoms with Crippen LogP contribution in [0.5, 0.6) is 0 Å². The van der Waals surface area contributed by atoms with Crippen molar-refractivity contribution >= 4 is 17.7 Å². The van der Waals surface area contributed by atoms with Crippen molar-refractivity contribution in [3.05, 3.63) is 11.8 Å². The second-order valence-corrected chi connectivity index (χ2v) is 7.26. The van der Waals surface area contributed by atoms with Crippen LogP contribution < -0.4 is 9.80 Å². The van der Waals surface area contributed by atoms with Gasteiger partial charge in [-0.2, -0.15) is 18.2 Å². The van der Waals surface area contributed by atoms with Gasteiger partial charge in [-0.3, -0.25) is 9.69 Å². The van der Waals surface area contributed by atoms with Gasteiger partial charge in [0.1, 0.15) is 5.82 Å². The van der Waals surface area contributed by atoms with E-state index in [1.807, 2.05) is 16.7 Å². The van der Waals surface area contributed by atoms with Crippen molar-refractivity contribution in [2.75, 3.05) is 36.0 Å². The highest BCUT2D eigenvalue weighted by Crippen LogP contribution is 2.37. The van der Waals surface area contributed by atoms with Crippen molar-refractivity contribution in [3.8, 4) is 0 Å². The first-order chi connectivity index (χ1) is 12.2. The van der Waals surface area contributed by atoms with Crippen molar-refractivity contribution in [2.45, 2.75) is 44.1 Å². The monoisotopic (exact) mass is 371 g/mol. The molecule has 10 heteroatoms. The number of hydrogen-bond donors (Lipinski definition) is 1. The number of aliphatic carboxylic acids is 1. The zero-order valence-electron chi connectivity index (χ0n) is 14.3. The normalized spacial score (nSPS) is 28.5. The summed E-state index contributed by atoms with van der Waals surface area (Å²) in [6, 6.07) is 1.16. The van der Waals surface area contributed by atoms with Gasteiger partial charge < -0.3 is 14.9 Å². The van der Waals surface area contributed by atoms with E-state index in [1.54, 1.807) is 4.90 Å². The SMILES string of the molecule is CC1CCN1c1nc(N2C[C@H]3C[C@@H]2CN3CC(=O)O)cc(C(F)(F)F)n1. The first kappa shape index (κ1) is 17.3. The third kappa shape index (κ3) is 2.95. The first-order valence-corrected chi connectivity index (χ1v) is 8.68. The summed E-state index contributed by atoms with van der Waals surface area (Å²) in [6.07, 6.45) is -2.88. The Hall–Kier alpha value is -2.10. The molecule has 0 aromatic carbocycles. The average Bonchev–Trinajstić information content (AvgIpc) is 3.11. The quantitative estimate of drug-likeness (QED) is 0.859. The van der Waals surface area contributed by atoms with Crippen molar-refractivity contribution in [1.29, 1.82) is 0 Å². The highest BCUT2D eigenvalue weighted by molar-refractivity contribution is 5.69. The van der Waals surface area contributed by atoms with Crippen LogP contribution in [-0.2, 0) is 11.0 Å². The predicted molar refractivity (Wildman–Crippen MR) is 87.2 cm³/mol. The molecule has 1 N–H and O–H groups in total. The zero-order chi connectivity index (χ0) is 18.6. The standard InChI is InChI=1S/C16H20F3N5O2/c1-9-2-3-23(9)15-20-12(16(17,18)19)5-13(21-15)24-7-10-4-11(24)6-22(10)8-14(25)26/h5,9-11H,2-4,6-8H2,1H3,(H,25,26)/t9?,10-,11-/m1/s1. The van der Waals surface area contributed by atoms with E-state index in [0.717, 1.165) is 18.9 Å². The maximum Gasteiger partial charge on any atom is 0.433 e. The minimum absolute atomic E-state index is 0.0167. The Morgan fingerprint density at radius 3 is 2.54 bits per heavy atom. The Morgan fingerprint density at radius 1 is 1.27 bits per heavy atom. The minimum Gasteiger partial charge on any atom is -0.480 e. The molecule has 3 aliphatic heterocycles. The minimum atomic E-state index is -4.53. The molecule has 0 spiro atoms. The van der Waals surface area contributed by atoms with E-state index in [-0.39, 0.29) is 36.4 Å². The molecule has 0 saturated carbocycles. The topological polar surface area (TPSA) is 72.8 Å². The Kier molecular flexibility index (Phi) is 3.98. The number of carbonyl (C=O) groups is 1. The number of piperazine rings is 1. The summed E-state index contributed by atoms with van der Waals surface area (Å²) >= 11 is 0. The number of fused-ring (bicyclic) bond motifs is 2. The zero-order valence-corrected chi connectivity index (χ0v) is 14.3. The van der Waals surface area contributed by atoms with Crippen LogP contribution in [0.3, 0.4) is 0 Å². The molecule has 142 valence electrons. The van der Waals surface area contributed by atoms with E-state index < -0.39 is 17.8 Å². The number of halogens is 3.